The Kier molecular flexibility index (Phi) is 3.32. The van der Waals surface area contributed by atoms with Crippen LogP contribution in [0, 0.1) is 0 Å². The number of aromatic carboxylic acids is 1. The molecule has 0 spiro atoms. The normalized spacial score (nSPS) is 13.7. The first-order chi connectivity index (χ1) is 8.63. The molecule has 1 aromatic rings. The number of methoxy groups -OCH3 is 1. The van der Waals surface area contributed by atoms with E-state index in [1.165, 1.54) is 13.2 Å². The van der Waals surface area contributed by atoms with E-state index in [-0.39, 0.29) is 12.2 Å². The summed E-state index contributed by atoms with van der Waals surface area (Å²) in [7, 11) is 1.31. The zero-order valence-electron chi connectivity index (χ0n) is 9.80. The highest BCUT2D eigenvalue weighted by atomic mass is 16.5. The van der Waals surface area contributed by atoms with Gasteiger partial charge in [0.1, 0.15) is 11.3 Å². The lowest BCUT2D eigenvalue weighted by atomic mass is 10.1. The van der Waals surface area contributed by atoms with Gasteiger partial charge in [-0.1, -0.05) is 12.1 Å². The van der Waals surface area contributed by atoms with E-state index in [1.54, 1.807) is 18.2 Å². The Morgan fingerprint density at radius 1 is 1.39 bits per heavy atom. The number of hydrogen-bond donors (Lipinski definition) is 1. The van der Waals surface area contributed by atoms with E-state index < -0.39 is 11.9 Å². The third-order valence-corrected chi connectivity index (χ3v) is 2.67. The van der Waals surface area contributed by atoms with Crippen LogP contribution < -0.4 is 4.74 Å². The van der Waals surface area contributed by atoms with Gasteiger partial charge in [-0.05, 0) is 12.1 Å². The van der Waals surface area contributed by atoms with Gasteiger partial charge in [-0.15, -0.1) is 0 Å². The van der Waals surface area contributed by atoms with Gasteiger partial charge >= 0.3 is 11.9 Å². The van der Waals surface area contributed by atoms with E-state index in [2.05, 4.69) is 4.74 Å². The number of esters is 1. The first-order valence-corrected chi connectivity index (χ1v) is 5.41. The van der Waals surface area contributed by atoms with Crippen LogP contribution in [-0.4, -0.2) is 30.8 Å². The topological polar surface area (TPSA) is 72.8 Å². The van der Waals surface area contributed by atoms with Crippen LogP contribution in [0.5, 0.6) is 5.75 Å². The van der Waals surface area contributed by atoms with Crippen LogP contribution in [0.4, 0.5) is 0 Å². The van der Waals surface area contributed by atoms with Crippen molar-refractivity contribution in [3.05, 3.63) is 34.9 Å². The minimum absolute atomic E-state index is 0.0925. The van der Waals surface area contributed by atoms with Crippen LogP contribution in [0.1, 0.15) is 22.3 Å². The number of carbonyl (C=O) groups excluding carboxylic acids is 1. The van der Waals surface area contributed by atoms with Gasteiger partial charge in [0.2, 0.25) is 0 Å². The number of benzene rings is 1. The first-order valence-electron chi connectivity index (χ1n) is 5.41. The maximum Gasteiger partial charge on any atom is 0.339 e. The lowest BCUT2D eigenvalue weighted by Gasteiger charge is -2.08. The molecule has 2 rings (SSSR count). The molecular weight excluding hydrogens is 236 g/mol. The Morgan fingerprint density at radius 3 is 2.83 bits per heavy atom. The van der Waals surface area contributed by atoms with Gasteiger partial charge in [0.25, 0.3) is 0 Å². The highest BCUT2D eigenvalue weighted by Crippen LogP contribution is 2.30. The zero-order valence-corrected chi connectivity index (χ0v) is 9.80. The number of carbonyl (C=O) groups is 2. The highest BCUT2D eigenvalue weighted by Gasteiger charge is 2.20. The average molecular weight is 248 g/mol. The third-order valence-electron chi connectivity index (χ3n) is 2.67. The molecule has 1 N–H and O–H groups in total. The number of hydrogen-bond acceptors (Lipinski definition) is 4. The van der Waals surface area contributed by atoms with Gasteiger partial charge in [-0.2, -0.15) is 0 Å². The second-order valence-electron chi connectivity index (χ2n) is 3.79. The van der Waals surface area contributed by atoms with Gasteiger partial charge in [-0.3, -0.25) is 0 Å². The van der Waals surface area contributed by atoms with Crippen LogP contribution in [0.3, 0.4) is 0 Å². The van der Waals surface area contributed by atoms with E-state index in [9.17, 15) is 9.59 Å². The summed E-state index contributed by atoms with van der Waals surface area (Å²) in [5, 5.41) is 9.06. The summed E-state index contributed by atoms with van der Waals surface area (Å²) in [4.78, 5) is 22.6. The number of carboxylic acids is 1. The quantitative estimate of drug-likeness (QED) is 0.807. The number of fused-ring (bicyclic) bond motifs is 1. The second-order valence-corrected chi connectivity index (χ2v) is 3.79. The molecular formula is C13H12O5. The van der Waals surface area contributed by atoms with Crippen molar-refractivity contribution in [2.75, 3.05) is 13.7 Å². The molecule has 0 unspecified atom stereocenters. The molecule has 0 fully saturated rings. The molecule has 5 heteroatoms. The number of carboxylic acid groups (broad SMARTS) is 1. The van der Waals surface area contributed by atoms with Crippen molar-refractivity contribution in [2.45, 2.75) is 6.42 Å². The Bertz CT molecular complexity index is 530. The molecule has 1 heterocycles. The second kappa shape index (κ2) is 4.91. The van der Waals surface area contributed by atoms with E-state index in [1.807, 2.05) is 0 Å². The van der Waals surface area contributed by atoms with Crippen LogP contribution in [0.25, 0.3) is 6.08 Å². The number of para-hydroxylation sites is 1. The molecule has 94 valence electrons. The van der Waals surface area contributed by atoms with Gasteiger partial charge in [0.05, 0.1) is 13.7 Å². The van der Waals surface area contributed by atoms with Crippen molar-refractivity contribution >= 4 is 18.0 Å². The molecule has 5 nitrogen and oxygen atoms in total. The summed E-state index contributed by atoms with van der Waals surface area (Å²) >= 11 is 0. The molecule has 1 aliphatic rings. The summed E-state index contributed by atoms with van der Waals surface area (Å²) in [6.45, 7) is 0.248. The fourth-order valence-corrected chi connectivity index (χ4v) is 1.81. The van der Waals surface area contributed by atoms with Crippen LogP contribution in [0.15, 0.2) is 23.8 Å². The lowest BCUT2D eigenvalue weighted by molar-refractivity contribution is -0.136. The summed E-state index contributed by atoms with van der Waals surface area (Å²) in [6, 6.07) is 4.79. The molecule has 18 heavy (non-hydrogen) atoms. The van der Waals surface area contributed by atoms with Crippen molar-refractivity contribution in [1.29, 1.82) is 0 Å². The predicted molar refractivity (Wildman–Crippen MR) is 63.5 cm³/mol. The maximum absolute atomic E-state index is 11.5. The predicted octanol–water partition coefficient (Wildman–Crippen LogP) is 1.72. The van der Waals surface area contributed by atoms with Gasteiger partial charge in [0, 0.05) is 17.6 Å². The number of rotatable bonds is 2. The Morgan fingerprint density at radius 2 is 2.17 bits per heavy atom. The van der Waals surface area contributed by atoms with Crippen molar-refractivity contribution in [3.8, 4) is 5.75 Å². The van der Waals surface area contributed by atoms with Crippen molar-refractivity contribution in [2.24, 2.45) is 0 Å². The summed E-state index contributed by atoms with van der Waals surface area (Å²) < 4.78 is 10.1. The van der Waals surface area contributed by atoms with Crippen molar-refractivity contribution in [1.82, 2.24) is 0 Å². The van der Waals surface area contributed by atoms with Crippen molar-refractivity contribution in [3.63, 3.8) is 0 Å². The molecule has 1 aliphatic heterocycles. The van der Waals surface area contributed by atoms with Crippen LogP contribution in [0.2, 0.25) is 0 Å². The van der Waals surface area contributed by atoms with Crippen LogP contribution in [-0.2, 0) is 9.53 Å². The molecule has 0 bridgehead atoms. The molecule has 0 aliphatic carbocycles. The summed E-state index contributed by atoms with van der Waals surface area (Å²) in [5.74, 6) is -1.18. The molecule has 0 atom stereocenters. The molecule has 0 radical (unpaired) electrons. The summed E-state index contributed by atoms with van der Waals surface area (Å²) in [5.41, 5.74) is 1.14. The Hall–Kier alpha value is -2.30. The number of ether oxygens (including phenoxy) is 2. The first kappa shape index (κ1) is 12.2. The fraction of sp³-hybridized carbons (Fsp3) is 0.231. The molecule has 0 saturated carbocycles. The molecule has 0 aromatic heterocycles. The monoisotopic (exact) mass is 248 g/mol. The van der Waals surface area contributed by atoms with Crippen LogP contribution >= 0.6 is 0 Å². The lowest BCUT2D eigenvalue weighted by Crippen LogP contribution is -2.07. The van der Waals surface area contributed by atoms with Crippen molar-refractivity contribution < 1.29 is 24.2 Å². The fourth-order valence-electron chi connectivity index (χ4n) is 1.81. The van der Waals surface area contributed by atoms with Gasteiger partial charge in [0.15, 0.2) is 0 Å². The Balaban J connectivity index is 2.50. The maximum atomic E-state index is 11.5. The standard InChI is InChI=1S/C13H12O5/c1-17-13(16)9-5-6-18-11-8(7-9)3-2-4-10(11)12(14)15/h2-4,7H,5-6H2,1H3,(H,14,15). The molecule has 0 amide bonds. The van der Waals surface area contributed by atoms with Gasteiger partial charge < -0.3 is 14.6 Å². The average Bonchev–Trinajstić information content (AvgIpc) is 2.59. The Labute approximate surface area is 104 Å². The molecule has 0 saturated heterocycles. The van der Waals surface area contributed by atoms with E-state index in [0.29, 0.717) is 23.3 Å². The minimum Gasteiger partial charge on any atom is -0.492 e. The molecule has 1 aromatic carbocycles. The van der Waals surface area contributed by atoms with E-state index >= 15 is 0 Å². The zero-order chi connectivity index (χ0) is 13.1. The van der Waals surface area contributed by atoms with E-state index in [0.717, 1.165) is 0 Å². The third kappa shape index (κ3) is 2.20. The largest absolute Gasteiger partial charge is 0.492 e. The summed E-state index contributed by atoms with van der Waals surface area (Å²) in [6.07, 6.45) is 2.00. The minimum atomic E-state index is -1.05. The SMILES string of the molecule is COC(=O)C1=Cc2cccc(C(=O)O)c2OCC1. The highest BCUT2D eigenvalue weighted by molar-refractivity contribution is 5.97. The smallest absolute Gasteiger partial charge is 0.339 e. The van der Waals surface area contributed by atoms with E-state index in [4.69, 9.17) is 9.84 Å². The van der Waals surface area contributed by atoms with Gasteiger partial charge in [-0.25, -0.2) is 9.59 Å².